The Morgan fingerprint density at radius 3 is 2.61 bits per heavy atom. The van der Waals surface area contributed by atoms with E-state index in [0.29, 0.717) is 4.47 Å². The molecular formula is C12H15BrN2O2S. The van der Waals surface area contributed by atoms with E-state index in [0.717, 1.165) is 15.4 Å². The van der Waals surface area contributed by atoms with E-state index in [1.165, 1.54) is 7.05 Å². The van der Waals surface area contributed by atoms with Crippen molar-refractivity contribution in [1.29, 1.82) is 0 Å². The van der Waals surface area contributed by atoms with Gasteiger partial charge in [-0.05, 0) is 40.0 Å². The predicted molar refractivity (Wildman–Crippen MR) is 75.4 cm³/mol. The maximum atomic E-state index is 12.3. The van der Waals surface area contributed by atoms with Crippen molar-refractivity contribution in [3.63, 3.8) is 0 Å². The number of rotatable bonds is 4. The molecule has 0 fully saturated rings. The Morgan fingerprint density at radius 2 is 2.11 bits per heavy atom. The first-order chi connectivity index (χ1) is 8.34. The molecule has 98 valence electrons. The molecule has 0 amide bonds. The molecule has 4 nitrogen and oxygen atoms in total. The Bertz CT molecular complexity index is 591. The Hall–Kier alpha value is -0.870. The van der Waals surface area contributed by atoms with Crippen LogP contribution in [0.3, 0.4) is 0 Å². The topological polar surface area (TPSA) is 63.4 Å². The third kappa shape index (κ3) is 2.93. The van der Waals surface area contributed by atoms with Crippen LogP contribution in [0.4, 0.5) is 0 Å². The summed E-state index contributed by atoms with van der Waals surface area (Å²) in [7, 11) is -2.15. The minimum Gasteiger partial charge on any atom is -0.326 e. The van der Waals surface area contributed by atoms with Crippen LogP contribution in [0.25, 0.3) is 0 Å². The molecule has 0 aliphatic heterocycles. The van der Waals surface area contributed by atoms with Crippen LogP contribution in [0.5, 0.6) is 0 Å². The molecule has 0 heterocycles. The fourth-order valence-electron chi connectivity index (χ4n) is 1.50. The van der Waals surface area contributed by atoms with Crippen molar-refractivity contribution in [3.8, 4) is 12.3 Å². The quantitative estimate of drug-likeness (QED) is 0.850. The van der Waals surface area contributed by atoms with Crippen molar-refractivity contribution in [3.05, 3.63) is 27.7 Å². The van der Waals surface area contributed by atoms with Gasteiger partial charge < -0.3 is 5.73 Å². The van der Waals surface area contributed by atoms with Crippen LogP contribution in [-0.2, 0) is 16.6 Å². The monoisotopic (exact) mass is 330 g/mol. The van der Waals surface area contributed by atoms with Crippen molar-refractivity contribution < 1.29 is 8.42 Å². The summed E-state index contributed by atoms with van der Waals surface area (Å²) in [6.45, 7) is 2.14. The summed E-state index contributed by atoms with van der Waals surface area (Å²) < 4.78 is 26.3. The van der Waals surface area contributed by atoms with Gasteiger partial charge in [0.25, 0.3) is 0 Å². The van der Waals surface area contributed by atoms with E-state index in [9.17, 15) is 8.42 Å². The summed E-state index contributed by atoms with van der Waals surface area (Å²) in [5.74, 6) is 2.31. The lowest BCUT2D eigenvalue weighted by atomic mass is 10.1. The summed E-state index contributed by atoms with van der Waals surface area (Å²) in [5, 5.41) is 0. The molecular weight excluding hydrogens is 316 g/mol. The third-order valence-electron chi connectivity index (χ3n) is 2.52. The third-order valence-corrected chi connectivity index (χ3v) is 5.66. The Labute approximate surface area is 116 Å². The van der Waals surface area contributed by atoms with Gasteiger partial charge in [-0.1, -0.05) is 12.0 Å². The van der Waals surface area contributed by atoms with E-state index in [1.807, 2.05) is 13.0 Å². The molecule has 0 bridgehead atoms. The van der Waals surface area contributed by atoms with Crippen LogP contribution in [-0.4, -0.2) is 26.3 Å². The number of halogens is 1. The van der Waals surface area contributed by atoms with Gasteiger partial charge in [-0.15, -0.1) is 6.42 Å². The maximum absolute atomic E-state index is 12.3. The number of benzene rings is 1. The highest BCUT2D eigenvalue weighted by atomic mass is 79.9. The number of terminal acetylenes is 1. The van der Waals surface area contributed by atoms with Crippen molar-refractivity contribution in [2.45, 2.75) is 18.4 Å². The lowest BCUT2D eigenvalue weighted by Crippen LogP contribution is -2.27. The van der Waals surface area contributed by atoms with E-state index < -0.39 is 10.0 Å². The van der Waals surface area contributed by atoms with Crippen LogP contribution in [0.2, 0.25) is 0 Å². The van der Waals surface area contributed by atoms with Crippen LogP contribution in [0, 0.1) is 19.3 Å². The Morgan fingerprint density at radius 1 is 1.50 bits per heavy atom. The SMILES string of the molecule is C#CCN(C)S(=O)(=O)c1cc(CN)cc(C)c1Br. The molecule has 0 aromatic heterocycles. The average molecular weight is 331 g/mol. The fraction of sp³-hybridized carbons (Fsp3) is 0.333. The van der Waals surface area contributed by atoms with Gasteiger partial charge in [-0.3, -0.25) is 0 Å². The van der Waals surface area contributed by atoms with Gasteiger partial charge in [0, 0.05) is 18.1 Å². The van der Waals surface area contributed by atoms with Gasteiger partial charge >= 0.3 is 0 Å². The summed E-state index contributed by atoms with van der Waals surface area (Å²) >= 11 is 3.30. The molecule has 0 saturated heterocycles. The Balaban J connectivity index is 3.41. The summed E-state index contributed by atoms with van der Waals surface area (Å²) in [6.07, 6.45) is 5.14. The molecule has 0 aliphatic rings. The van der Waals surface area contributed by atoms with Crippen molar-refractivity contribution in [2.24, 2.45) is 5.73 Å². The molecule has 18 heavy (non-hydrogen) atoms. The maximum Gasteiger partial charge on any atom is 0.244 e. The van der Waals surface area contributed by atoms with E-state index >= 15 is 0 Å². The molecule has 1 aromatic carbocycles. The number of hydrogen-bond acceptors (Lipinski definition) is 3. The van der Waals surface area contributed by atoms with Gasteiger partial charge in [-0.25, -0.2) is 8.42 Å². The van der Waals surface area contributed by atoms with Gasteiger partial charge in [-0.2, -0.15) is 4.31 Å². The van der Waals surface area contributed by atoms with Gasteiger partial charge in [0.15, 0.2) is 0 Å². The highest BCUT2D eigenvalue weighted by molar-refractivity contribution is 9.10. The molecule has 6 heteroatoms. The second-order valence-corrected chi connectivity index (χ2v) is 6.70. The second kappa shape index (κ2) is 5.85. The molecule has 0 atom stereocenters. The average Bonchev–Trinajstić information content (AvgIpc) is 2.32. The van der Waals surface area contributed by atoms with Crippen LogP contribution < -0.4 is 5.73 Å². The zero-order valence-electron chi connectivity index (χ0n) is 10.3. The van der Waals surface area contributed by atoms with Crippen LogP contribution in [0.15, 0.2) is 21.5 Å². The zero-order chi connectivity index (χ0) is 13.9. The summed E-state index contributed by atoms with van der Waals surface area (Å²) in [5.41, 5.74) is 7.15. The molecule has 0 spiro atoms. The number of nitrogens with two attached hydrogens (primary N) is 1. The smallest absolute Gasteiger partial charge is 0.244 e. The van der Waals surface area contributed by atoms with E-state index in [1.54, 1.807) is 6.07 Å². The summed E-state index contributed by atoms with van der Waals surface area (Å²) in [4.78, 5) is 0.195. The molecule has 0 unspecified atom stereocenters. The normalized spacial score (nSPS) is 11.6. The van der Waals surface area contributed by atoms with Crippen LogP contribution >= 0.6 is 15.9 Å². The number of hydrogen-bond donors (Lipinski definition) is 1. The highest BCUT2D eigenvalue weighted by Gasteiger charge is 2.24. The molecule has 2 N–H and O–H groups in total. The number of sulfonamides is 1. The molecule has 1 rings (SSSR count). The molecule has 1 aromatic rings. The lowest BCUT2D eigenvalue weighted by molar-refractivity contribution is 0.502. The lowest BCUT2D eigenvalue weighted by Gasteiger charge is -2.17. The van der Waals surface area contributed by atoms with E-state index in [4.69, 9.17) is 12.2 Å². The van der Waals surface area contributed by atoms with E-state index in [-0.39, 0.29) is 18.0 Å². The van der Waals surface area contributed by atoms with Crippen molar-refractivity contribution in [2.75, 3.05) is 13.6 Å². The van der Waals surface area contributed by atoms with Crippen molar-refractivity contribution in [1.82, 2.24) is 4.31 Å². The summed E-state index contributed by atoms with van der Waals surface area (Å²) in [6, 6.07) is 3.42. The van der Waals surface area contributed by atoms with Gasteiger partial charge in [0.05, 0.1) is 11.4 Å². The molecule has 0 radical (unpaired) electrons. The first-order valence-corrected chi connectivity index (χ1v) is 7.46. The standard InChI is InChI=1S/C12H15BrN2O2S/c1-4-5-15(3)18(16,17)11-7-10(8-14)6-9(2)12(11)13/h1,6-7H,5,8,14H2,2-3H3. The Kier molecular flexibility index (Phi) is 4.93. The first kappa shape index (κ1) is 15.2. The molecule has 0 aliphatic carbocycles. The van der Waals surface area contributed by atoms with Crippen LogP contribution in [0.1, 0.15) is 11.1 Å². The second-order valence-electron chi connectivity index (χ2n) is 3.89. The minimum absolute atomic E-state index is 0.0284. The zero-order valence-corrected chi connectivity index (χ0v) is 12.7. The highest BCUT2D eigenvalue weighted by Crippen LogP contribution is 2.29. The van der Waals surface area contributed by atoms with Gasteiger partial charge in [0.1, 0.15) is 0 Å². The van der Waals surface area contributed by atoms with Gasteiger partial charge in [0.2, 0.25) is 10.0 Å². The van der Waals surface area contributed by atoms with E-state index in [2.05, 4.69) is 21.9 Å². The molecule has 0 saturated carbocycles. The number of aryl methyl sites for hydroxylation is 1. The van der Waals surface area contributed by atoms with Crippen molar-refractivity contribution >= 4 is 26.0 Å². The number of nitrogens with zero attached hydrogens (tertiary/aromatic N) is 1. The minimum atomic E-state index is -3.60. The predicted octanol–water partition coefficient (Wildman–Crippen LogP) is 1.47. The fourth-order valence-corrected chi connectivity index (χ4v) is 3.61. The first-order valence-electron chi connectivity index (χ1n) is 5.23. The largest absolute Gasteiger partial charge is 0.326 e.